The van der Waals surface area contributed by atoms with E-state index in [9.17, 15) is 18.3 Å². The van der Waals surface area contributed by atoms with Gasteiger partial charge in [-0.05, 0) is 18.6 Å². The van der Waals surface area contributed by atoms with Crippen LogP contribution in [0.15, 0.2) is 48.5 Å². The van der Waals surface area contributed by atoms with Gasteiger partial charge in [0.2, 0.25) is 0 Å². The Hall–Kier alpha value is -2.05. The largest absolute Gasteiger partial charge is 0.434 e. The van der Waals surface area contributed by atoms with Crippen LogP contribution in [0.1, 0.15) is 30.1 Å². The average Bonchev–Trinajstić information content (AvgIpc) is 2.52. The van der Waals surface area contributed by atoms with Gasteiger partial charge in [0.1, 0.15) is 11.6 Å². The maximum atomic E-state index is 13.3. The Balaban J connectivity index is 2.21. The highest BCUT2D eigenvalue weighted by Gasteiger charge is 2.19. The molecule has 0 bridgehead atoms. The Morgan fingerprint density at radius 2 is 1.83 bits per heavy atom. The van der Waals surface area contributed by atoms with E-state index < -0.39 is 18.5 Å². The molecule has 23 heavy (non-hydrogen) atoms. The summed E-state index contributed by atoms with van der Waals surface area (Å²) in [6.07, 6.45) is 0. The molecular weight excluding hydrogens is 307 g/mol. The Bertz CT molecular complexity index is 622. The standard InChI is InChI=1S/C17H18F3NO2/c1-11(21-15(10-22)12-5-3-2-4-6-12)14-8-7-13(18)9-16(14)23-17(19)20/h2-9,11,15,17,21-22H,10H2,1H3. The van der Waals surface area contributed by atoms with E-state index >= 15 is 0 Å². The molecule has 2 aromatic rings. The molecule has 0 aromatic heterocycles. The van der Waals surface area contributed by atoms with Crippen LogP contribution in [0, 0.1) is 5.82 Å². The smallest absolute Gasteiger partial charge is 0.387 e. The molecule has 3 nitrogen and oxygen atoms in total. The van der Waals surface area contributed by atoms with Crippen LogP contribution < -0.4 is 10.1 Å². The van der Waals surface area contributed by atoms with Crippen LogP contribution in [-0.4, -0.2) is 18.3 Å². The number of hydrogen-bond acceptors (Lipinski definition) is 3. The molecule has 6 heteroatoms. The van der Waals surface area contributed by atoms with Crippen molar-refractivity contribution in [1.29, 1.82) is 0 Å². The van der Waals surface area contributed by atoms with Crippen LogP contribution in [0.5, 0.6) is 5.75 Å². The second-order valence-corrected chi connectivity index (χ2v) is 5.09. The van der Waals surface area contributed by atoms with Crippen molar-refractivity contribution in [2.45, 2.75) is 25.6 Å². The van der Waals surface area contributed by atoms with Crippen molar-refractivity contribution in [3.63, 3.8) is 0 Å². The third-order valence-electron chi connectivity index (χ3n) is 3.49. The Kier molecular flexibility index (Phi) is 6.01. The highest BCUT2D eigenvalue weighted by Crippen LogP contribution is 2.29. The summed E-state index contributed by atoms with van der Waals surface area (Å²) < 4.78 is 42.6. The maximum Gasteiger partial charge on any atom is 0.387 e. The molecule has 2 atom stereocenters. The van der Waals surface area contributed by atoms with Gasteiger partial charge in [0.15, 0.2) is 0 Å². The van der Waals surface area contributed by atoms with Gasteiger partial charge < -0.3 is 15.2 Å². The molecule has 0 aliphatic rings. The van der Waals surface area contributed by atoms with Crippen molar-refractivity contribution in [1.82, 2.24) is 5.32 Å². The second kappa shape index (κ2) is 7.99. The van der Waals surface area contributed by atoms with E-state index in [2.05, 4.69) is 10.1 Å². The molecule has 0 aliphatic carbocycles. The topological polar surface area (TPSA) is 41.5 Å². The zero-order valence-electron chi connectivity index (χ0n) is 12.5. The zero-order chi connectivity index (χ0) is 16.8. The molecule has 0 fully saturated rings. The molecule has 0 saturated heterocycles. The lowest BCUT2D eigenvalue weighted by atomic mass is 10.0. The lowest BCUT2D eigenvalue weighted by Gasteiger charge is -2.24. The van der Waals surface area contributed by atoms with E-state index in [1.54, 1.807) is 6.92 Å². The lowest BCUT2D eigenvalue weighted by Crippen LogP contribution is -2.27. The van der Waals surface area contributed by atoms with E-state index in [1.165, 1.54) is 12.1 Å². The number of aliphatic hydroxyl groups is 1. The van der Waals surface area contributed by atoms with Crippen LogP contribution in [0.4, 0.5) is 13.2 Å². The molecule has 2 N–H and O–H groups in total. The summed E-state index contributed by atoms with van der Waals surface area (Å²) in [4.78, 5) is 0. The van der Waals surface area contributed by atoms with Crippen LogP contribution in [0.25, 0.3) is 0 Å². The molecule has 0 spiro atoms. The fraction of sp³-hybridized carbons (Fsp3) is 0.294. The first kappa shape index (κ1) is 17.3. The van der Waals surface area contributed by atoms with Gasteiger partial charge in [0.05, 0.1) is 12.6 Å². The van der Waals surface area contributed by atoms with Gasteiger partial charge in [-0.15, -0.1) is 0 Å². The van der Waals surface area contributed by atoms with E-state index in [0.29, 0.717) is 5.56 Å². The number of hydrogen-bond donors (Lipinski definition) is 2. The molecular formula is C17H18F3NO2. The molecule has 0 saturated carbocycles. The first-order valence-corrected chi connectivity index (χ1v) is 7.17. The Labute approximate surface area is 132 Å². The SMILES string of the molecule is CC(NC(CO)c1ccccc1)c1ccc(F)cc1OC(F)F. The van der Waals surface area contributed by atoms with Crippen LogP contribution in [-0.2, 0) is 0 Å². The predicted octanol–water partition coefficient (Wildman–Crippen LogP) is 3.81. The van der Waals surface area contributed by atoms with Gasteiger partial charge in [0, 0.05) is 17.7 Å². The molecule has 2 unspecified atom stereocenters. The van der Waals surface area contributed by atoms with Gasteiger partial charge >= 0.3 is 6.61 Å². The van der Waals surface area contributed by atoms with E-state index in [4.69, 9.17) is 0 Å². The van der Waals surface area contributed by atoms with Crippen molar-refractivity contribution in [2.24, 2.45) is 0 Å². The zero-order valence-corrected chi connectivity index (χ0v) is 12.5. The average molecular weight is 325 g/mol. The lowest BCUT2D eigenvalue weighted by molar-refractivity contribution is -0.0508. The summed E-state index contributed by atoms with van der Waals surface area (Å²) >= 11 is 0. The number of halogens is 3. The van der Waals surface area contributed by atoms with Gasteiger partial charge in [-0.25, -0.2) is 4.39 Å². The van der Waals surface area contributed by atoms with E-state index in [0.717, 1.165) is 11.6 Å². The Morgan fingerprint density at radius 1 is 1.13 bits per heavy atom. The number of ether oxygens (including phenoxy) is 1. The number of nitrogens with one attached hydrogen (secondary N) is 1. The Morgan fingerprint density at radius 3 is 2.43 bits per heavy atom. The quantitative estimate of drug-likeness (QED) is 0.813. The molecule has 0 radical (unpaired) electrons. The third-order valence-corrected chi connectivity index (χ3v) is 3.49. The number of alkyl halides is 2. The highest BCUT2D eigenvalue weighted by molar-refractivity contribution is 5.36. The fourth-order valence-electron chi connectivity index (χ4n) is 2.40. The van der Waals surface area contributed by atoms with Gasteiger partial charge in [0.25, 0.3) is 0 Å². The summed E-state index contributed by atoms with van der Waals surface area (Å²) in [6, 6.07) is 11.9. The van der Waals surface area contributed by atoms with Crippen LogP contribution >= 0.6 is 0 Å². The highest BCUT2D eigenvalue weighted by atomic mass is 19.3. The molecule has 0 aliphatic heterocycles. The van der Waals surface area contributed by atoms with Crippen LogP contribution in [0.2, 0.25) is 0 Å². The minimum absolute atomic E-state index is 0.166. The molecule has 0 amide bonds. The maximum absolute atomic E-state index is 13.3. The van der Waals surface area contributed by atoms with Crippen molar-refractivity contribution < 1.29 is 23.0 Å². The fourth-order valence-corrected chi connectivity index (χ4v) is 2.40. The number of rotatable bonds is 7. The molecule has 0 heterocycles. The van der Waals surface area contributed by atoms with Crippen LogP contribution in [0.3, 0.4) is 0 Å². The van der Waals surface area contributed by atoms with Crippen molar-refractivity contribution >= 4 is 0 Å². The first-order chi connectivity index (χ1) is 11.0. The molecule has 2 aromatic carbocycles. The molecule has 124 valence electrons. The predicted molar refractivity (Wildman–Crippen MR) is 80.9 cm³/mol. The summed E-state index contributed by atoms with van der Waals surface area (Å²) in [5.41, 5.74) is 1.25. The monoisotopic (exact) mass is 325 g/mol. The second-order valence-electron chi connectivity index (χ2n) is 5.09. The van der Waals surface area contributed by atoms with Gasteiger partial charge in [-0.1, -0.05) is 36.4 Å². The van der Waals surface area contributed by atoms with Gasteiger partial charge in [-0.3, -0.25) is 0 Å². The minimum atomic E-state index is -3.04. The summed E-state index contributed by atoms with van der Waals surface area (Å²) in [5.74, 6) is -0.872. The van der Waals surface area contributed by atoms with Crippen molar-refractivity contribution in [3.8, 4) is 5.75 Å². The first-order valence-electron chi connectivity index (χ1n) is 7.17. The number of aliphatic hydroxyl groups excluding tert-OH is 1. The van der Waals surface area contributed by atoms with Crippen molar-refractivity contribution in [2.75, 3.05) is 6.61 Å². The minimum Gasteiger partial charge on any atom is -0.434 e. The molecule has 2 rings (SSSR count). The normalized spacial score (nSPS) is 13.8. The summed E-state index contributed by atoms with van der Waals surface area (Å²) in [5, 5.41) is 12.7. The summed E-state index contributed by atoms with van der Waals surface area (Å²) in [7, 11) is 0. The summed E-state index contributed by atoms with van der Waals surface area (Å²) in [6.45, 7) is -1.47. The van der Waals surface area contributed by atoms with Gasteiger partial charge in [-0.2, -0.15) is 8.78 Å². The van der Waals surface area contributed by atoms with E-state index in [1.807, 2.05) is 30.3 Å². The third kappa shape index (κ3) is 4.71. The number of benzene rings is 2. The van der Waals surface area contributed by atoms with E-state index in [-0.39, 0.29) is 18.4 Å². The van der Waals surface area contributed by atoms with Crippen molar-refractivity contribution in [3.05, 3.63) is 65.5 Å².